The number of hydrogen-bond acceptors (Lipinski definition) is 9. The first-order valence-corrected chi connectivity index (χ1v) is 16.4. The highest BCUT2D eigenvalue weighted by Gasteiger charge is 2.45. The van der Waals surface area contributed by atoms with Crippen LogP contribution in [0.25, 0.3) is 5.69 Å². The van der Waals surface area contributed by atoms with Crippen molar-refractivity contribution in [2.24, 2.45) is 5.41 Å². The molecule has 0 amide bonds. The number of nitrogens with zero attached hydrogens (tertiary/aromatic N) is 5. The lowest BCUT2D eigenvalue weighted by Crippen LogP contribution is -2.49. The number of carbonyl (C=O) groups is 1. The van der Waals surface area contributed by atoms with Gasteiger partial charge in [0.2, 0.25) is 15.8 Å². The molecule has 0 radical (unpaired) electrons. The number of halogens is 2. The highest BCUT2D eigenvalue weighted by molar-refractivity contribution is 7.88. The molecule has 45 heavy (non-hydrogen) atoms. The first kappa shape index (κ1) is 32.4. The maximum absolute atomic E-state index is 14.0. The molecule has 2 fully saturated rings. The zero-order valence-electron chi connectivity index (χ0n) is 25.5. The van der Waals surface area contributed by atoms with Crippen molar-refractivity contribution in [3.05, 3.63) is 76.2 Å². The van der Waals surface area contributed by atoms with Gasteiger partial charge in [0.15, 0.2) is 0 Å². The van der Waals surface area contributed by atoms with E-state index in [4.69, 9.17) is 9.47 Å². The Labute approximate surface area is 261 Å². The maximum Gasteiger partial charge on any atom is 0.316 e. The molecule has 2 aliphatic rings. The van der Waals surface area contributed by atoms with Crippen LogP contribution >= 0.6 is 0 Å². The van der Waals surface area contributed by atoms with E-state index in [0.717, 1.165) is 35.3 Å². The Hall–Kier alpha value is -4.04. The van der Waals surface area contributed by atoms with Gasteiger partial charge in [-0.2, -0.15) is 14.1 Å². The molecule has 0 atom stereocenters. The van der Waals surface area contributed by atoms with Gasteiger partial charge in [-0.25, -0.2) is 17.2 Å². The van der Waals surface area contributed by atoms with E-state index < -0.39 is 32.6 Å². The van der Waals surface area contributed by atoms with E-state index in [9.17, 15) is 26.8 Å². The molecule has 1 saturated heterocycles. The van der Waals surface area contributed by atoms with E-state index >= 15 is 0 Å². The van der Waals surface area contributed by atoms with Crippen LogP contribution < -0.4 is 20.1 Å². The summed E-state index contributed by atoms with van der Waals surface area (Å²) in [6.45, 7) is 2.79. The zero-order valence-corrected chi connectivity index (χ0v) is 26.4. The van der Waals surface area contributed by atoms with Crippen molar-refractivity contribution in [3.63, 3.8) is 0 Å². The predicted molar refractivity (Wildman–Crippen MR) is 165 cm³/mol. The molecule has 1 aromatic heterocycles. The Morgan fingerprint density at radius 3 is 2.22 bits per heavy atom. The fraction of sp³-hybridized carbons (Fsp3) is 0.452. The molecule has 14 heteroatoms. The highest BCUT2D eigenvalue weighted by Crippen LogP contribution is 2.46. The van der Waals surface area contributed by atoms with Crippen LogP contribution in [0.5, 0.6) is 5.75 Å². The average Bonchev–Trinajstić information content (AvgIpc) is 3.78. The SMILES string of the molecule is CCC(=O)OCC1(COc2c(N3CCN(S(=O)(=O)Cc4ccc(N(C)C)cc4)CC3)cnn(-c3cc(F)cc(F)c3)c2=O)CC1. The Morgan fingerprint density at radius 1 is 1.00 bits per heavy atom. The number of hydrogen-bond donors (Lipinski definition) is 0. The summed E-state index contributed by atoms with van der Waals surface area (Å²) in [5, 5.41) is 4.18. The molecule has 242 valence electrons. The van der Waals surface area contributed by atoms with Gasteiger partial charge in [-0.15, -0.1) is 0 Å². The lowest BCUT2D eigenvalue weighted by atomic mass is 10.1. The Kier molecular flexibility index (Phi) is 9.44. The van der Waals surface area contributed by atoms with Crippen molar-refractivity contribution >= 4 is 27.4 Å². The van der Waals surface area contributed by atoms with Gasteiger partial charge in [0.1, 0.15) is 23.9 Å². The summed E-state index contributed by atoms with van der Waals surface area (Å²) >= 11 is 0. The first-order chi connectivity index (χ1) is 21.4. The molecule has 1 aliphatic heterocycles. The van der Waals surface area contributed by atoms with Crippen molar-refractivity contribution in [2.75, 3.05) is 63.3 Å². The largest absolute Gasteiger partial charge is 0.485 e. The molecule has 0 N–H and O–H groups in total. The quantitative estimate of drug-likeness (QED) is 0.274. The molecule has 0 bridgehead atoms. The molecule has 2 heterocycles. The topological polar surface area (TPSA) is 114 Å². The van der Waals surface area contributed by atoms with Crippen molar-refractivity contribution in [1.82, 2.24) is 14.1 Å². The third kappa shape index (κ3) is 7.61. The second kappa shape index (κ2) is 13.1. The number of aromatic nitrogens is 2. The average molecular weight is 646 g/mol. The van der Waals surface area contributed by atoms with Gasteiger partial charge in [0.05, 0.1) is 24.2 Å². The monoisotopic (exact) mass is 645 g/mol. The van der Waals surface area contributed by atoms with Gasteiger partial charge in [-0.1, -0.05) is 19.1 Å². The van der Waals surface area contributed by atoms with Gasteiger partial charge >= 0.3 is 11.5 Å². The molecule has 5 rings (SSSR count). The predicted octanol–water partition coefficient (Wildman–Crippen LogP) is 3.34. The summed E-state index contributed by atoms with van der Waals surface area (Å²) in [7, 11) is 0.209. The van der Waals surface area contributed by atoms with Crippen LogP contribution in [-0.2, 0) is 25.3 Å². The van der Waals surface area contributed by atoms with Gasteiger partial charge in [0, 0.05) is 63.9 Å². The molecule has 0 unspecified atom stereocenters. The molecule has 0 spiro atoms. The lowest BCUT2D eigenvalue weighted by molar-refractivity contribution is -0.145. The molecule has 1 saturated carbocycles. The van der Waals surface area contributed by atoms with E-state index in [-0.39, 0.29) is 69.0 Å². The summed E-state index contributed by atoms with van der Waals surface area (Å²) < 4.78 is 68.3. The number of rotatable bonds is 12. The van der Waals surface area contributed by atoms with Crippen LogP contribution in [-0.4, -0.2) is 82.0 Å². The molecular weight excluding hydrogens is 608 g/mol. The number of sulfonamides is 1. The first-order valence-electron chi connectivity index (χ1n) is 14.8. The van der Waals surface area contributed by atoms with Crippen LogP contribution in [0.1, 0.15) is 31.7 Å². The highest BCUT2D eigenvalue weighted by atomic mass is 32.2. The zero-order chi connectivity index (χ0) is 32.4. The number of esters is 1. The molecule has 3 aromatic rings. The van der Waals surface area contributed by atoms with E-state index in [0.29, 0.717) is 17.3 Å². The maximum atomic E-state index is 14.0. The van der Waals surface area contributed by atoms with E-state index in [1.54, 1.807) is 19.1 Å². The van der Waals surface area contributed by atoms with Crippen LogP contribution in [0.4, 0.5) is 20.2 Å². The number of piperazine rings is 1. The number of ether oxygens (including phenoxy) is 2. The number of anilines is 2. The van der Waals surface area contributed by atoms with Crippen molar-refractivity contribution in [1.29, 1.82) is 0 Å². The summed E-state index contributed by atoms with van der Waals surface area (Å²) in [5.41, 5.74) is 0.710. The van der Waals surface area contributed by atoms with Gasteiger partial charge in [-0.05, 0) is 42.7 Å². The van der Waals surface area contributed by atoms with Gasteiger partial charge in [0.25, 0.3) is 0 Å². The molecule has 1 aliphatic carbocycles. The number of benzene rings is 2. The Balaban J connectivity index is 1.35. The number of carbonyl (C=O) groups excluding carboxylic acids is 1. The fourth-order valence-corrected chi connectivity index (χ4v) is 6.62. The van der Waals surface area contributed by atoms with Gasteiger partial charge in [-0.3, -0.25) is 9.59 Å². The standard InChI is InChI=1S/C31H37F2N5O6S/c1-4-28(39)43-20-31(9-10-31)21-44-29-27(18-34-38(30(29)40)26-16-23(32)15-24(33)17-26)36-11-13-37(14-12-36)45(41,42)19-22-5-7-25(8-6-22)35(2)3/h5-8,15-18H,4,9-14,19-21H2,1-3H3. The van der Waals surface area contributed by atoms with E-state index in [1.807, 2.05) is 36.0 Å². The van der Waals surface area contributed by atoms with Crippen molar-refractivity contribution in [2.45, 2.75) is 31.9 Å². The minimum atomic E-state index is -3.61. The minimum absolute atomic E-state index is 0.0781. The summed E-state index contributed by atoms with van der Waals surface area (Å²) in [5.74, 6) is -2.29. The third-order valence-electron chi connectivity index (χ3n) is 8.09. The molecular formula is C31H37F2N5O6S. The smallest absolute Gasteiger partial charge is 0.316 e. The fourth-order valence-electron chi connectivity index (χ4n) is 5.10. The normalized spacial score (nSPS) is 16.3. The Bertz CT molecular complexity index is 1680. The Morgan fingerprint density at radius 2 is 1.64 bits per heavy atom. The van der Waals surface area contributed by atoms with Crippen LogP contribution in [0.2, 0.25) is 0 Å². The van der Waals surface area contributed by atoms with Crippen LogP contribution in [0.15, 0.2) is 53.5 Å². The van der Waals surface area contributed by atoms with Crippen molar-refractivity contribution < 1.29 is 31.5 Å². The van der Waals surface area contributed by atoms with Crippen LogP contribution in [0.3, 0.4) is 0 Å². The van der Waals surface area contributed by atoms with Gasteiger partial charge < -0.3 is 19.3 Å². The second-order valence-corrected chi connectivity index (χ2v) is 13.7. The molecule has 2 aromatic carbocycles. The summed E-state index contributed by atoms with van der Waals surface area (Å²) in [4.78, 5) is 29.2. The van der Waals surface area contributed by atoms with Crippen molar-refractivity contribution in [3.8, 4) is 11.4 Å². The second-order valence-electron chi connectivity index (χ2n) is 11.7. The third-order valence-corrected chi connectivity index (χ3v) is 9.94. The summed E-state index contributed by atoms with van der Waals surface area (Å²) in [6, 6.07) is 10.0. The molecule has 11 nitrogen and oxygen atoms in total. The van der Waals surface area contributed by atoms with E-state index in [1.165, 1.54) is 10.5 Å². The minimum Gasteiger partial charge on any atom is -0.485 e. The summed E-state index contributed by atoms with van der Waals surface area (Å²) in [6.07, 6.45) is 3.10. The lowest BCUT2D eigenvalue weighted by Gasteiger charge is -2.35. The van der Waals surface area contributed by atoms with E-state index in [2.05, 4.69) is 5.10 Å². The van der Waals surface area contributed by atoms with Crippen LogP contribution in [0, 0.1) is 17.0 Å².